The lowest BCUT2D eigenvalue weighted by Gasteiger charge is -2.14. The van der Waals surface area contributed by atoms with Crippen LogP contribution in [0, 0.1) is 5.92 Å². The normalized spacial score (nSPS) is 14.2. The van der Waals surface area contributed by atoms with Crippen molar-refractivity contribution in [2.45, 2.75) is 25.7 Å². The first-order chi connectivity index (χ1) is 12.9. The number of hydrogen-bond donors (Lipinski definition) is 2. The van der Waals surface area contributed by atoms with E-state index in [-0.39, 0.29) is 47.9 Å². The Hall–Kier alpha value is -2.24. The standard InChI is InChI=1S/C18H19F3N4O2.HI/c19-18(20,21)27-15-4-2-1-3-14(15)25-17(22)24-10-13-7-8-16(23-9-13)26-11-12-5-6-12;/h1-4,7-9,12H,5-6,10-11H2,(H3,22,24,25);1H. The molecule has 3 rings (SSSR count). The van der Waals surface area contributed by atoms with Crippen LogP contribution in [-0.2, 0) is 6.54 Å². The first-order valence-corrected chi connectivity index (χ1v) is 8.38. The van der Waals surface area contributed by atoms with Gasteiger partial charge in [0.2, 0.25) is 5.88 Å². The van der Waals surface area contributed by atoms with Crippen molar-refractivity contribution in [2.24, 2.45) is 16.6 Å². The molecular formula is C18H20F3IN4O2. The Morgan fingerprint density at radius 2 is 1.96 bits per heavy atom. The largest absolute Gasteiger partial charge is 0.573 e. The number of rotatable bonds is 7. The molecule has 1 saturated carbocycles. The summed E-state index contributed by atoms with van der Waals surface area (Å²) in [6.07, 6.45) is -0.759. The molecule has 0 unspecified atom stereocenters. The van der Waals surface area contributed by atoms with Crippen LogP contribution in [-0.4, -0.2) is 23.9 Å². The maximum Gasteiger partial charge on any atom is 0.573 e. The van der Waals surface area contributed by atoms with Crippen molar-refractivity contribution in [2.75, 3.05) is 11.9 Å². The monoisotopic (exact) mass is 508 g/mol. The van der Waals surface area contributed by atoms with Crippen LogP contribution in [0.25, 0.3) is 0 Å². The van der Waals surface area contributed by atoms with E-state index < -0.39 is 6.36 Å². The lowest BCUT2D eigenvalue weighted by atomic mass is 10.3. The van der Waals surface area contributed by atoms with E-state index in [2.05, 4.69) is 20.0 Å². The molecule has 6 nitrogen and oxygen atoms in total. The predicted molar refractivity (Wildman–Crippen MR) is 110 cm³/mol. The zero-order valence-electron chi connectivity index (χ0n) is 14.8. The fourth-order valence-electron chi connectivity index (χ4n) is 2.22. The molecule has 0 spiro atoms. The van der Waals surface area contributed by atoms with E-state index in [1.54, 1.807) is 18.3 Å². The molecular weight excluding hydrogens is 488 g/mol. The Balaban J connectivity index is 0.00000280. The minimum atomic E-state index is -4.79. The second-order valence-corrected chi connectivity index (χ2v) is 6.13. The van der Waals surface area contributed by atoms with Crippen LogP contribution < -0.4 is 20.5 Å². The van der Waals surface area contributed by atoms with E-state index in [0.29, 0.717) is 18.4 Å². The maximum absolute atomic E-state index is 12.4. The van der Waals surface area contributed by atoms with E-state index in [1.165, 1.54) is 31.0 Å². The number of para-hydroxylation sites is 2. The van der Waals surface area contributed by atoms with Gasteiger partial charge in [0, 0.05) is 12.3 Å². The van der Waals surface area contributed by atoms with Gasteiger partial charge in [0.25, 0.3) is 0 Å². The fraction of sp³-hybridized carbons (Fsp3) is 0.333. The lowest BCUT2D eigenvalue weighted by molar-refractivity contribution is -0.274. The molecule has 0 bridgehead atoms. The number of hydrogen-bond acceptors (Lipinski definition) is 4. The first-order valence-electron chi connectivity index (χ1n) is 8.38. The molecule has 0 saturated heterocycles. The summed E-state index contributed by atoms with van der Waals surface area (Å²) in [5, 5.41) is 2.61. The Morgan fingerprint density at radius 3 is 2.61 bits per heavy atom. The van der Waals surface area contributed by atoms with E-state index in [0.717, 1.165) is 5.56 Å². The van der Waals surface area contributed by atoms with E-state index in [1.807, 2.05) is 6.07 Å². The van der Waals surface area contributed by atoms with Crippen molar-refractivity contribution in [3.8, 4) is 11.6 Å². The smallest absolute Gasteiger partial charge is 0.477 e. The van der Waals surface area contributed by atoms with Gasteiger partial charge >= 0.3 is 6.36 Å². The minimum absolute atomic E-state index is 0. The zero-order chi connectivity index (χ0) is 19.3. The Kier molecular flexibility index (Phi) is 7.72. The van der Waals surface area contributed by atoms with Crippen molar-refractivity contribution in [1.82, 2.24) is 4.98 Å². The lowest BCUT2D eigenvalue weighted by Crippen LogP contribution is -2.24. The van der Waals surface area contributed by atoms with Crippen LogP contribution in [0.15, 0.2) is 47.6 Å². The van der Waals surface area contributed by atoms with Gasteiger partial charge in [0.15, 0.2) is 11.7 Å². The summed E-state index contributed by atoms with van der Waals surface area (Å²) < 4.78 is 46.8. The summed E-state index contributed by atoms with van der Waals surface area (Å²) in [5.41, 5.74) is 6.62. The highest BCUT2D eigenvalue weighted by Gasteiger charge is 2.32. The van der Waals surface area contributed by atoms with Crippen molar-refractivity contribution < 1.29 is 22.6 Å². The molecule has 152 valence electrons. The Labute approximate surface area is 177 Å². The third-order valence-corrected chi connectivity index (χ3v) is 3.77. The number of alkyl halides is 3. The molecule has 1 aliphatic carbocycles. The number of pyridine rings is 1. The van der Waals surface area contributed by atoms with Crippen molar-refractivity contribution in [3.63, 3.8) is 0 Å². The van der Waals surface area contributed by atoms with Gasteiger partial charge in [0.1, 0.15) is 0 Å². The molecule has 28 heavy (non-hydrogen) atoms. The number of nitrogens with one attached hydrogen (secondary N) is 1. The number of aliphatic imine (C=N–C) groups is 1. The number of benzene rings is 1. The summed E-state index contributed by atoms with van der Waals surface area (Å²) in [6.45, 7) is 0.901. The molecule has 1 aromatic heterocycles. The number of ether oxygens (including phenoxy) is 2. The number of aromatic nitrogens is 1. The van der Waals surface area contributed by atoms with Crippen LogP contribution in [0.3, 0.4) is 0 Å². The van der Waals surface area contributed by atoms with Gasteiger partial charge in [-0.3, -0.25) is 0 Å². The first kappa shape index (κ1) is 22.1. The van der Waals surface area contributed by atoms with Gasteiger partial charge in [-0.25, -0.2) is 9.98 Å². The third-order valence-electron chi connectivity index (χ3n) is 3.77. The number of halogens is 4. The molecule has 0 aliphatic heterocycles. The Bertz CT molecular complexity index is 796. The summed E-state index contributed by atoms with van der Waals surface area (Å²) >= 11 is 0. The molecule has 0 amide bonds. The quantitative estimate of drug-likeness (QED) is 0.331. The third kappa shape index (κ3) is 7.41. The van der Waals surface area contributed by atoms with Crippen LogP contribution in [0.2, 0.25) is 0 Å². The molecule has 1 aliphatic rings. The summed E-state index contributed by atoms with van der Waals surface area (Å²) in [4.78, 5) is 8.30. The average Bonchev–Trinajstić information content (AvgIpc) is 3.44. The number of nitrogens with zero attached hydrogens (tertiary/aromatic N) is 2. The fourth-order valence-corrected chi connectivity index (χ4v) is 2.22. The molecule has 0 atom stereocenters. The van der Waals surface area contributed by atoms with Gasteiger partial charge < -0.3 is 20.5 Å². The van der Waals surface area contributed by atoms with E-state index in [9.17, 15) is 13.2 Å². The summed E-state index contributed by atoms with van der Waals surface area (Å²) in [6, 6.07) is 9.15. The predicted octanol–water partition coefficient (Wildman–Crippen LogP) is 4.31. The molecule has 2 aromatic rings. The van der Waals surface area contributed by atoms with Gasteiger partial charge in [-0.2, -0.15) is 0 Å². The van der Waals surface area contributed by atoms with Crippen molar-refractivity contribution in [1.29, 1.82) is 0 Å². The summed E-state index contributed by atoms with van der Waals surface area (Å²) in [5.74, 6) is 0.773. The molecule has 0 radical (unpaired) electrons. The highest BCUT2D eigenvalue weighted by molar-refractivity contribution is 14.0. The highest BCUT2D eigenvalue weighted by Crippen LogP contribution is 2.30. The van der Waals surface area contributed by atoms with Gasteiger partial charge in [-0.05, 0) is 36.5 Å². The van der Waals surface area contributed by atoms with Gasteiger partial charge in [-0.1, -0.05) is 18.2 Å². The topological polar surface area (TPSA) is 81.8 Å². The van der Waals surface area contributed by atoms with Gasteiger partial charge in [0.05, 0.1) is 18.8 Å². The van der Waals surface area contributed by atoms with E-state index in [4.69, 9.17) is 10.5 Å². The maximum atomic E-state index is 12.4. The molecule has 10 heteroatoms. The molecule has 1 aromatic carbocycles. The number of guanidine groups is 1. The van der Waals surface area contributed by atoms with Crippen molar-refractivity contribution in [3.05, 3.63) is 48.2 Å². The number of nitrogens with two attached hydrogens (primary N) is 1. The van der Waals surface area contributed by atoms with Crippen LogP contribution in [0.5, 0.6) is 11.6 Å². The van der Waals surface area contributed by atoms with E-state index >= 15 is 0 Å². The SMILES string of the molecule is I.NC(=NCc1ccc(OCC2CC2)nc1)Nc1ccccc1OC(F)(F)F. The molecule has 1 heterocycles. The Morgan fingerprint density at radius 1 is 1.21 bits per heavy atom. The van der Waals surface area contributed by atoms with Crippen molar-refractivity contribution >= 4 is 35.6 Å². The van der Waals surface area contributed by atoms with Gasteiger partial charge in [-0.15, -0.1) is 37.1 Å². The second kappa shape index (κ2) is 9.80. The zero-order valence-corrected chi connectivity index (χ0v) is 17.1. The highest BCUT2D eigenvalue weighted by atomic mass is 127. The average molecular weight is 508 g/mol. The molecule has 1 fully saturated rings. The number of anilines is 1. The van der Waals surface area contributed by atoms with Crippen LogP contribution in [0.4, 0.5) is 18.9 Å². The molecule has 3 N–H and O–H groups in total. The second-order valence-electron chi connectivity index (χ2n) is 6.13. The van der Waals surface area contributed by atoms with Crippen LogP contribution >= 0.6 is 24.0 Å². The van der Waals surface area contributed by atoms with Crippen LogP contribution in [0.1, 0.15) is 18.4 Å². The minimum Gasteiger partial charge on any atom is -0.477 e. The summed E-state index contributed by atoms with van der Waals surface area (Å²) in [7, 11) is 0.